The molecule has 1 fully saturated rings. The summed E-state index contributed by atoms with van der Waals surface area (Å²) in [5.41, 5.74) is 3.57. The van der Waals surface area contributed by atoms with Gasteiger partial charge in [-0.1, -0.05) is 0 Å². The number of aromatic carboxylic acids is 1. The molecule has 1 aliphatic carbocycles. The molecule has 1 aromatic rings. The van der Waals surface area contributed by atoms with Crippen LogP contribution in [0.25, 0.3) is 0 Å². The van der Waals surface area contributed by atoms with E-state index in [0.717, 1.165) is 0 Å². The van der Waals surface area contributed by atoms with E-state index < -0.39 is 17.7 Å². The maximum Gasteiger partial charge on any atom is 0.411 e. The molecule has 0 saturated heterocycles. The Kier molecular flexibility index (Phi) is 2.64. The van der Waals surface area contributed by atoms with Crippen molar-refractivity contribution in [2.24, 2.45) is 0 Å². The number of anilines is 2. The van der Waals surface area contributed by atoms with Gasteiger partial charge < -0.3 is 16.2 Å². The third-order valence-corrected chi connectivity index (χ3v) is 2.96. The molecule has 0 atom stereocenters. The molecule has 4 N–H and O–H groups in total. The van der Waals surface area contributed by atoms with Gasteiger partial charge in [-0.2, -0.15) is 13.2 Å². The second kappa shape index (κ2) is 3.79. The predicted molar refractivity (Wildman–Crippen MR) is 59.5 cm³/mol. The summed E-state index contributed by atoms with van der Waals surface area (Å²) in [6.07, 6.45) is -4.30. The Morgan fingerprint density at radius 2 is 2.00 bits per heavy atom. The van der Waals surface area contributed by atoms with Gasteiger partial charge in [-0.15, -0.1) is 0 Å². The summed E-state index contributed by atoms with van der Waals surface area (Å²) in [7, 11) is 0. The first-order chi connectivity index (χ1) is 8.25. The number of carbonyl (C=O) groups is 1. The van der Waals surface area contributed by atoms with E-state index in [1.54, 1.807) is 0 Å². The maximum absolute atomic E-state index is 12.7. The smallest absolute Gasteiger partial charge is 0.411 e. The number of alkyl halides is 3. The standard InChI is InChI=1S/C11H11F3N2O2/c12-11(13,14)10(3-4-10)16-6-1-2-7(9(17)18)8(15)5-6/h1-2,5,16H,3-4,15H2,(H,17,18). The fourth-order valence-electron chi connectivity index (χ4n) is 1.72. The summed E-state index contributed by atoms with van der Waals surface area (Å²) in [6.45, 7) is 0. The number of carboxylic acids is 1. The molecule has 0 bridgehead atoms. The van der Waals surface area contributed by atoms with Crippen molar-refractivity contribution in [1.29, 1.82) is 0 Å². The van der Waals surface area contributed by atoms with E-state index in [-0.39, 0.29) is 29.8 Å². The van der Waals surface area contributed by atoms with Crippen LogP contribution in [0.5, 0.6) is 0 Å². The van der Waals surface area contributed by atoms with Crippen molar-refractivity contribution in [3.8, 4) is 0 Å². The second-order valence-electron chi connectivity index (χ2n) is 4.31. The van der Waals surface area contributed by atoms with Crippen LogP contribution in [-0.4, -0.2) is 22.8 Å². The van der Waals surface area contributed by atoms with E-state index in [1.165, 1.54) is 18.2 Å². The Balaban J connectivity index is 2.22. The number of hydrogen-bond donors (Lipinski definition) is 3. The minimum Gasteiger partial charge on any atom is -0.478 e. The molecule has 0 spiro atoms. The molecular weight excluding hydrogens is 249 g/mol. The van der Waals surface area contributed by atoms with Crippen LogP contribution < -0.4 is 11.1 Å². The number of hydrogen-bond acceptors (Lipinski definition) is 3. The minimum absolute atomic E-state index is 0.0110. The molecule has 18 heavy (non-hydrogen) atoms. The number of halogens is 3. The van der Waals surface area contributed by atoms with Gasteiger partial charge in [0.05, 0.1) is 5.56 Å². The lowest BCUT2D eigenvalue weighted by molar-refractivity contribution is -0.151. The molecule has 0 radical (unpaired) electrons. The SMILES string of the molecule is Nc1cc(NC2(C(F)(F)F)CC2)ccc1C(=O)O. The summed E-state index contributed by atoms with van der Waals surface area (Å²) in [4.78, 5) is 10.7. The topological polar surface area (TPSA) is 75.3 Å². The van der Waals surface area contributed by atoms with E-state index in [0.29, 0.717) is 0 Å². The van der Waals surface area contributed by atoms with E-state index in [2.05, 4.69) is 5.32 Å². The monoisotopic (exact) mass is 260 g/mol. The zero-order valence-corrected chi connectivity index (χ0v) is 9.21. The molecule has 98 valence electrons. The molecule has 4 nitrogen and oxygen atoms in total. The van der Waals surface area contributed by atoms with E-state index in [9.17, 15) is 18.0 Å². The number of benzene rings is 1. The molecule has 0 unspecified atom stereocenters. The Labute approximate surface area is 101 Å². The van der Waals surface area contributed by atoms with Gasteiger partial charge in [-0.3, -0.25) is 0 Å². The predicted octanol–water partition coefficient (Wildman–Crippen LogP) is 2.47. The second-order valence-corrected chi connectivity index (χ2v) is 4.31. The van der Waals surface area contributed by atoms with Crippen LogP contribution >= 0.6 is 0 Å². The van der Waals surface area contributed by atoms with Crippen molar-refractivity contribution in [2.45, 2.75) is 24.6 Å². The summed E-state index contributed by atoms with van der Waals surface area (Å²) in [6, 6.07) is 3.67. The zero-order chi connectivity index (χ0) is 13.6. The molecule has 0 heterocycles. The molecule has 0 amide bonds. The van der Waals surface area contributed by atoms with Crippen molar-refractivity contribution in [2.75, 3.05) is 11.1 Å². The summed E-state index contributed by atoms with van der Waals surface area (Å²) >= 11 is 0. The lowest BCUT2D eigenvalue weighted by Crippen LogP contribution is -2.38. The van der Waals surface area contributed by atoms with Crippen LogP contribution in [0.3, 0.4) is 0 Å². The molecule has 2 rings (SSSR count). The van der Waals surface area contributed by atoms with Crippen molar-refractivity contribution >= 4 is 17.3 Å². The third kappa shape index (κ3) is 2.07. The Morgan fingerprint density at radius 1 is 1.39 bits per heavy atom. The summed E-state index contributed by atoms with van der Waals surface area (Å²) in [5, 5.41) is 11.1. The van der Waals surface area contributed by atoms with E-state index in [1.807, 2.05) is 0 Å². The van der Waals surface area contributed by atoms with Gasteiger partial charge in [0, 0.05) is 11.4 Å². The third-order valence-electron chi connectivity index (χ3n) is 2.96. The number of nitrogens with two attached hydrogens (primary N) is 1. The van der Waals surface area contributed by atoms with Crippen molar-refractivity contribution in [1.82, 2.24) is 0 Å². The lowest BCUT2D eigenvalue weighted by atomic mass is 10.1. The van der Waals surface area contributed by atoms with Gasteiger partial charge in [0.2, 0.25) is 0 Å². The molecule has 1 saturated carbocycles. The van der Waals surface area contributed by atoms with Crippen molar-refractivity contribution < 1.29 is 23.1 Å². The normalized spacial score (nSPS) is 17.3. The minimum atomic E-state index is -4.33. The number of rotatable bonds is 3. The Morgan fingerprint density at radius 3 is 2.39 bits per heavy atom. The van der Waals surface area contributed by atoms with Gasteiger partial charge in [0.1, 0.15) is 5.54 Å². The number of carboxylic acid groups (broad SMARTS) is 1. The van der Waals surface area contributed by atoms with Crippen molar-refractivity contribution in [3.63, 3.8) is 0 Å². The summed E-state index contributed by atoms with van der Waals surface area (Å²) < 4.78 is 38.1. The maximum atomic E-state index is 12.7. The first-order valence-electron chi connectivity index (χ1n) is 5.23. The highest BCUT2D eigenvalue weighted by molar-refractivity contribution is 5.94. The Hall–Kier alpha value is -1.92. The van der Waals surface area contributed by atoms with Crippen LogP contribution in [0.15, 0.2) is 18.2 Å². The fraction of sp³-hybridized carbons (Fsp3) is 0.364. The highest BCUT2D eigenvalue weighted by Gasteiger charge is 2.63. The van der Waals surface area contributed by atoms with Gasteiger partial charge in [-0.25, -0.2) is 4.79 Å². The quantitative estimate of drug-likeness (QED) is 0.730. The van der Waals surface area contributed by atoms with E-state index >= 15 is 0 Å². The van der Waals surface area contributed by atoms with Crippen LogP contribution in [0, 0.1) is 0 Å². The number of nitrogens with one attached hydrogen (secondary N) is 1. The van der Waals surface area contributed by atoms with E-state index in [4.69, 9.17) is 10.8 Å². The molecule has 1 aliphatic rings. The highest BCUT2D eigenvalue weighted by atomic mass is 19.4. The van der Waals surface area contributed by atoms with Gasteiger partial charge in [0.15, 0.2) is 0 Å². The van der Waals surface area contributed by atoms with Gasteiger partial charge in [-0.05, 0) is 31.0 Å². The van der Waals surface area contributed by atoms with Crippen LogP contribution in [-0.2, 0) is 0 Å². The fourth-order valence-corrected chi connectivity index (χ4v) is 1.72. The average Bonchev–Trinajstić information content (AvgIpc) is 2.97. The van der Waals surface area contributed by atoms with Crippen LogP contribution in [0.4, 0.5) is 24.5 Å². The lowest BCUT2D eigenvalue weighted by Gasteiger charge is -2.22. The molecule has 7 heteroatoms. The molecule has 1 aromatic carbocycles. The molecule has 0 aliphatic heterocycles. The zero-order valence-electron chi connectivity index (χ0n) is 9.21. The average molecular weight is 260 g/mol. The Bertz CT molecular complexity index is 496. The largest absolute Gasteiger partial charge is 0.478 e. The van der Waals surface area contributed by atoms with Crippen LogP contribution in [0.2, 0.25) is 0 Å². The molecule has 0 aromatic heterocycles. The number of nitrogen functional groups attached to an aromatic ring is 1. The summed E-state index contributed by atoms with van der Waals surface area (Å²) in [5.74, 6) is -1.21. The van der Waals surface area contributed by atoms with Gasteiger partial charge in [0.25, 0.3) is 0 Å². The molecular formula is C11H11F3N2O2. The van der Waals surface area contributed by atoms with Crippen LogP contribution in [0.1, 0.15) is 23.2 Å². The first-order valence-corrected chi connectivity index (χ1v) is 5.23. The van der Waals surface area contributed by atoms with Crippen molar-refractivity contribution in [3.05, 3.63) is 23.8 Å². The highest BCUT2D eigenvalue weighted by Crippen LogP contribution is 2.51. The first kappa shape index (κ1) is 12.5. The van der Waals surface area contributed by atoms with Gasteiger partial charge >= 0.3 is 12.1 Å².